The molecule has 4 aromatic rings. The summed E-state index contributed by atoms with van der Waals surface area (Å²) < 4.78 is 20.8. The molecule has 1 N–H and O–H groups in total. The lowest BCUT2D eigenvalue weighted by atomic mass is 10.1. The topological polar surface area (TPSA) is 105 Å². The number of fused-ring (bicyclic) bond motifs is 1. The summed E-state index contributed by atoms with van der Waals surface area (Å²) in [4.78, 5) is 30.5. The first-order valence-electron chi connectivity index (χ1n) is 8.41. The van der Waals surface area contributed by atoms with Crippen molar-refractivity contribution in [3.63, 3.8) is 0 Å². The summed E-state index contributed by atoms with van der Waals surface area (Å²) in [6.07, 6.45) is 2.86. The number of aromatic nitrogens is 2. The zero-order valence-electron chi connectivity index (χ0n) is 14.8. The average Bonchev–Trinajstić information content (AvgIpc) is 3.12. The van der Waals surface area contributed by atoms with Gasteiger partial charge in [-0.25, -0.2) is 4.79 Å². The van der Waals surface area contributed by atoms with Gasteiger partial charge in [-0.15, -0.1) is 0 Å². The minimum Gasteiger partial charge on any atom is -0.440 e. The Labute approximate surface area is 166 Å². The number of H-pyrrole nitrogens is 1. The Morgan fingerprint density at radius 1 is 1.03 bits per heavy atom. The first-order valence-corrected chi connectivity index (χ1v) is 9.52. The number of carbonyl (C=O) groups is 1. The summed E-state index contributed by atoms with van der Waals surface area (Å²) in [6.45, 7) is 0. The number of benzene rings is 2. The van der Waals surface area contributed by atoms with E-state index in [1.165, 1.54) is 18.5 Å². The van der Waals surface area contributed by atoms with Crippen LogP contribution in [-0.4, -0.2) is 15.9 Å². The van der Waals surface area contributed by atoms with E-state index in [1.54, 1.807) is 48.5 Å². The third kappa shape index (κ3) is 4.31. The summed E-state index contributed by atoms with van der Waals surface area (Å²) in [6, 6.07) is 15.1. The fourth-order valence-corrected chi connectivity index (χ4v) is 3.27. The number of carbonyl (C=O) groups excluding carboxylic acids is 1. The molecule has 0 radical (unpaired) electrons. The van der Waals surface area contributed by atoms with Crippen LogP contribution in [0, 0.1) is 11.8 Å². The maximum Gasteiger partial charge on any atom is 0.417 e. The fraction of sp³-hybridized carbons (Fsp3) is 0. The molecular weight excluding hydrogens is 390 g/mol. The quantitative estimate of drug-likeness (QED) is 0.409. The van der Waals surface area contributed by atoms with E-state index in [2.05, 4.69) is 26.2 Å². The summed E-state index contributed by atoms with van der Waals surface area (Å²) >= 11 is 0. The van der Waals surface area contributed by atoms with Crippen LogP contribution >= 0.6 is 0 Å². The molecule has 2 aromatic heterocycles. The molecule has 7 nitrogen and oxygen atoms in total. The van der Waals surface area contributed by atoms with Crippen LogP contribution in [0.25, 0.3) is 11.1 Å². The molecule has 0 saturated carbocycles. The van der Waals surface area contributed by atoms with Crippen molar-refractivity contribution in [2.75, 3.05) is 0 Å². The smallest absolute Gasteiger partial charge is 0.417 e. The van der Waals surface area contributed by atoms with Crippen molar-refractivity contribution in [2.24, 2.45) is 4.36 Å². The zero-order chi connectivity index (χ0) is 20.2. The SMILES string of the molecule is O=C(N=[S-](=O)c1ccccc1)c1cncc(C#Cc2ccc3oc(=O)[nH]c3c2)c1. The van der Waals surface area contributed by atoms with E-state index in [0.717, 1.165) is 0 Å². The molecule has 0 aliphatic heterocycles. The minimum absolute atomic E-state index is 0.190. The van der Waals surface area contributed by atoms with E-state index in [-0.39, 0.29) is 5.56 Å². The second-order valence-corrected chi connectivity index (χ2v) is 7.05. The van der Waals surface area contributed by atoms with Gasteiger partial charge in [-0.2, -0.15) is 10.6 Å². The molecule has 142 valence electrons. The summed E-state index contributed by atoms with van der Waals surface area (Å²) in [5, 5.41) is 0. The Morgan fingerprint density at radius 3 is 2.66 bits per heavy atom. The van der Waals surface area contributed by atoms with Gasteiger partial charge in [-0.1, -0.05) is 47.1 Å². The van der Waals surface area contributed by atoms with Gasteiger partial charge in [0.05, 0.1) is 11.1 Å². The Balaban J connectivity index is 1.59. The Kier molecular flexibility index (Phi) is 5.05. The van der Waals surface area contributed by atoms with Crippen LogP contribution in [0.2, 0.25) is 0 Å². The normalized spacial score (nSPS) is 11.7. The highest BCUT2D eigenvalue weighted by Gasteiger charge is 2.03. The van der Waals surface area contributed by atoms with Gasteiger partial charge >= 0.3 is 5.76 Å². The molecule has 0 saturated heterocycles. The molecule has 4 rings (SSSR count). The summed E-state index contributed by atoms with van der Waals surface area (Å²) in [7, 11) is -1.79. The van der Waals surface area contributed by atoms with Crippen molar-refractivity contribution >= 4 is 27.6 Å². The number of hydrogen-bond donors (Lipinski definition) is 1. The molecule has 0 spiro atoms. The van der Waals surface area contributed by atoms with Crippen molar-refractivity contribution in [1.82, 2.24) is 9.97 Å². The highest BCUT2D eigenvalue weighted by molar-refractivity contribution is 7.75. The van der Waals surface area contributed by atoms with Gasteiger partial charge in [0, 0.05) is 23.5 Å². The van der Waals surface area contributed by atoms with Gasteiger partial charge in [-0.3, -0.25) is 14.8 Å². The predicted molar refractivity (Wildman–Crippen MR) is 107 cm³/mol. The number of rotatable bonds is 2. The Morgan fingerprint density at radius 2 is 1.83 bits per heavy atom. The van der Waals surface area contributed by atoms with Crippen molar-refractivity contribution < 1.29 is 13.4 Å². The first-order chi connectivity index (χ1) is 14.1. The second kappa shape index (κ2) is 7.96. The van der Waals surface area contributed by atoms with Gasteiger partial charge in [0.25, 0.3) is 5.91 Å². The van der Waals surface area contributed by atoms with Crippen molar-refractivity contribution in [3.8, 4) is 11.8 Å². The molecule has 2 heterocycles. The highest BCUT2D eigenvalue weighted by Crippen LogP contribution is 2.12. The third-order valence-electron chi connectivity index (χ3n) is 3.87. The fourth-order valence-electron chi connectivity index (χ4n) is 2.52. The summed E-state index contributed by atoms with van der Waals surface area (Å²) in [5.74, 6) is 4.68. The minimum atomic E-state index is -1.79. The predicted octanol–water partition coefficient (Wildman–Crippen LogP) is 3.26. The lowest BCUT2D eigenvalue weighted by Crippen LogP contribution is -1.97. The van der Waals surface area contributed by atoms with E-state index in [0.29, 0.717) is 27.1 Å². The van der Waals surface area contributed by atoms with Crippen LogP contribution in [0.15, 0.2) is 85.5 Å². The van der Waals surface area contributed by atoms with E-state index in [9.17, 15) is 13.8 Å². The number of hydrogen-bond acceptors (Lipinski definition) is 6. The van der Waals surface area contributed by atoms with E-state index in [4.69, 9.17) is 4.42 Å². The van der Waals surface area contributed by atoms with Crippen LogP contribution in [-0.2, 0) is 14.8 Å². The number of pyridine rings is 1. The highest BCUT2D eigenvalue weighted by atomic mass is 32.2. The molecular formula is C21H12N3O4S-. The maximum atomic E-state index is 12.3. The second-order valence-electron chi connectivity index (χ2n) is 5.90. The molecule has 29 heavy (non-hydrogen) atoms. The molecule has 8 heteroatoms. The van der Waals surface area contributed by atoms with Gasteiger partial charge in [0.15, 0.2) is 5.58 Å². The number of oxazole rings is 1. The van der Waals surface area contributed by atoms with Crippen molar-refractivity contribution in [1.29, 1.82) is 0 Å². The number of aromatic amines is 1. The van der Waals surface area contributed by atoms with Gasteiger partial charge in [0.2, 0.25) is 0 Å². The number of nitrogens with zero attached hydrogens (tertiary/aromatic N) is 2. The summed E-state index contributed by atoms with van der Waals surface area (Å²) in [5.41, 5.74) is 2.34. The largest absolute Gasteiger partial charge is 0.440 e. The number of nitrogens with one attached hydrogen (secondary N) is 1. The molecule has 0 aliphatic rings. The van der Waals surface area contributed by atoms with Crippen LogP contribution in [0.4, 0.5) is 0 Å². The average molecular weight is 402 g/mol. The molecule has 1 amide bonds. The van der Waals surface area contributed by atoms with Gasteiger partial charge in [-0.05, 0) is 24.3 Å². The zero-order valence-corrected chi connectivity index (χ0v) is 15.6. The van der Waals surface area contributed by atoms with Crippen LogP contribution < -0.4 is 5.76 Å². The van der Waals surface area contributed by atoms with E-state index in [1.807, 2.05) is 0 Å². The Hall–Kier alpha value is -3.96. The Bertz CT molecular complexity index is 1420. The van der Waals surface area contributed by atoms with E-state index >= 15 is 0 Å². The van der Waals surface area contributed by atoms with Crippen LogP contribution in [0.3, 0.4) is 0 Å². The number of amides is 1. The lowest BCUT2D eigenvalue weighted by Gasteiger charge is -2.04. The molecule has 0 unspecified atom stereocenters. The lowest BCUT2D eigenvalue weighted by molar-refractivity contribution is 0.100. The molecule has 0 bridgehead atoms. The first kappa shape index (κ1) is 18.4. The maximum absolute atomic E-state index is 12.3. The van der Waals surface area contributed by atoms with Gasteiger partial charge < -0.3 is 13.0 Å². The molecule has 2 aromatic carbocycles. The molecule has 0 aliphatic carbocycles. The van der Waals surface area contributed by atoms with Crippen molar-refractivity contribution in [3.05, 3.63) is 94.2 Å². The third-order valence-corrected chi connectivity index (χ3v) is 4.87. The van der Waals surface area contributed by atoms with Gasteiger partial charge in [0.1, 0.15) is 0 Å². The standard InChI is InChI=1S/C21H12N3O4S/c25-20(24-29(27)17-4-2-1-3-5-17)16-10-15(12-22-13-16)7-6-14-8-9-19-18(11-14)23-21(26)28-19/h1-5,8-13H,(H,23,26)/q-1. The molecule has 0 atom stereocenters. The van der Waals surface area contributed by atoms with Crippen LogP contribution in [0.5, 0.6) is 0 Å². The van der Waals surface area contributed by atoms with Crippen molar-refractivity contribution in [2.45, 2.75) is 4.90 Å². The van der Waals surface area contributed by atoms with E-state index < -0.39 is 22.3 Å². The molecule has 0 fully saturated rings. The van der Waals surface area contributed by atoms with Crippen LogP contribution in [0.1, 0.15) is 21.5 Å². The monoisotopic (exact) mass is 402 g/mol.